The minimum atomic E-state index is 0.527. The Balaban J connectivity index is 1.87. The molecule has 1 N–H and O–H groups in total. The molecule has 0 saturated heterocycles. The van der Waals surface area contributed by atoms with Crippen molar-refractivity contribution in [2.24, 2.45) is 5.92 Å². The van der Waals surface area contributed by atoms with Gasteiger partial charge in [0.15, 0.2) is 5.82 Å². The molecule has 0 aromatic carbocycles. The third-order valence-electron chi connectivity index (χ3n) is 3.25. The minimum absolute atomic E-state index is 0.527. The first kappa shape index (κ1) is 11.6. The lowest BCUT2D eigenvalue weighted by Crippen LogP contribution is -2.14. The number of nitrogens with one attached hydrogen (secondary N) is 1. The minimum Gasteiger partial charge on any atom is -0.338 e. The maximum atomic E-state index is 5.24. The van der Waals surface area contributed by atoms with Gasteiger partial charge in [0.2, 0.25) is 5.89 Å². The molecule has 16 heavy (non-hydrogen) atoms. The van der Waals surface area contributed by atoms with Crippen molar-refractivity contribution in [3.63, 3.8) is 0 Å². The smallest absolute Gasteiger partial charge is 0.240 e. The van der Waals surface area contributed by atoms with Gasteiger partial charge in [-0.2, -0.15) is 4.98 Å². The Kier molecular flexibility index (Phi) is 3.93. The highest BCUT2D eigenvalue weighted by atomic mass is 16.5. The first-order valence-electron chi connectivity index (χ1n) is 6.32. The molecule has 2 unspecified atom stereocenters. The van der Waals surface area contributed by atoms with E-state index in [1.54, 1.807) is 0 Å². The Morgan fingerprint density at radius 2 is 2.31 bits per heavy atom. The normalized spacial score (nSPS) is 25.1. The van der Waals surface area contributed by atoms with Gasteiger partial charge in [0, 0.05) is 5.92 Å². The molecule has 1 fully saturated rings. The second kappa shape index (κ2) is 5.43. The highest BCUT2D eigenvalue weighted by molar-refractivity contribution is 4.98. The lowest BCUT2D eigenvalue weighted by molar-refractivity contribution is 0.360. The molecule has 4 heteroatoms. The molecule has 0 aliphatic heterocycles. The van der Waals surface area contributed by atoms with Crippen molar-refractivity contribution in [2.75, 3.05) is 6.54 Å². The first-order chi connectivity index (χ1) is 7.79. The highest BCUT2D eigenvalue weighted by Gasteiger charge is 2.26. The van der Waals surface area contributed by atoms with Gasteiger partial charge >= 0.3 is 0 Å². The molecule has 90 valence electrons. The van der Waals surface area contributed by atoms with Crippen LogP contribution in [0.3, 0.4) is 0 Å². The van der Waals surface area contributed by atoms with E-state index in [-0.39, 0.29) is 0 Å². The van der Waals surface area contributed by atoms with Gasteiger partial charge in [-0.15, -0.1) is 0 Å². The van der Waals surface area contributed by atoms with Gasteiger partial charge in [0.25, 0.3) is 0 Å². The van der Waals surface area contributed by atoms with Gasteiger partial charge in [-0.1, -0.05) is 19.0 Å². The maximum absolute atomic E-state index is 5.24. The van der Waals surface area contributed by atoms with E-state index in [9.17, 15) is 0 Å². The molecule has 1 aromatic rings. The summed E-state index contributed by atoms with van der Waals surface area (Å²) in [5.74, 6) is 2.98. The van der Waals surface area contributed by atoms with Crippen LogP contribution in [0.15, 0.2) is 4.52 Å². The van der Waals surface area contributed by atoms with Crippen molar-refractivity contribution < 1.29 is 4.52 Å². The Morgan fingerprint density at radius 1 is 1.44 bits per heavy atom. The third kappa shape index (κ3) is 2.82. The van der Waals surface area contributed by atoms with Crippen molar-refractivity contribution in [1.82, 2.24) is 15.5 Å². The summed E-state index contributed by atoms with van der Waals surface area (Å²) in [6.07, 6.45) is 4.84. The van der Waals surface area contributed by atoms with Gasteiger partial charge in [-0.3, -0.25) is 0 Å². The summed E-state index contributed by atoms with van der Waals surface area (Å²) in [6, 6.07) is 0. The van der Waals surface area contributed by atoms with Crippen LogP contribution < -0.4 is 5.32 Å². The van der Waals surface area contributed by atoms with E-state index in [0.717, 1.165) is 30.6 Å². The zero-order valence-corrected chi connectivity index (χ0v) is 10.2. The van der Waals surface area contributed by atoms with Crippen molar-refractivity contribution >= 4 is 0 Å². The van der Waals surface area contributed by atoms with Crippen molar-refractivity contribution in [3.05, 3.63) is 11.7 Å². The lowest BCUT2D eigenvalue weighted by Gasteiger charge is -2.01. The van der Waals surface area contributed by atoms with Crippen LogP contribution >= 0.6 is 0 Å². The highest BCUT2D eigenvalue weighted by Crippen LogP contribution is 2.36. The average molecular weight is 223 g/mol. The molecule has 1 aliphatic carbocycles. The summed E-state index contributed by atoms with van der Waals surface area (Å²) in [4.78, 5) is 4.46. The van der Waals surface area contributed by atoms with E-state index < -0.39 is 0 Å². The zero-order chi connectivity index (χ0) is 11.4. The molecule has 0 bridgehead atoms. The summed E-state index contributed by atoms with van der Waals surface area (Å²) >= 11 is 0. The van der Waals surface area contributed by atoms with Crippen molar-refractivity contribution in [2.45, 2.75) is 52.0 Å². The molecule has 2 atom stereocenters. The quantitative estimate of drug-likeness (QED) is 0.779. The van der Waals surface area contributed by atoms with Crippen LogP contribution in [-0.4, -0.2) is 16.7 Å². The van der Waals surface area contributed by atoms with Crippen LogP contribution in [0.4, 0.5) is 0 Å². The Bertz CT molecular complexity index is 324. The zero-order valence-electron chi connectivity index (χ0n) is 10.2. The van der Waals surface area contributed by atoms with Gasteiger partial charge < -0.3 is 9.84 Å². The summed E-state index contributed by atoms with van der Waals surface area (Å²) in [6.45, 7) is 6.14. The van der Waals surface area contributed by atoms with E-state index in [2.05, 4.69) is 29.3 Å². The first-order valence-corrected chi connectivity index (χ1v) is 6.32. The number of hydrogen-bond acceptors (Lipinski definition) is 4. The van der Waals surface area contributed by atoms with Gasteiger partial charge in [0.05, 0.1) is 6.54 Å². The molecule has 4 nitrogen and oxygen atoms in total. The van der Waals surface area contributed by atoms with Crippen LogP contribution in [-0.2, 0) is 6.54 Å². The van der Waals surface area contributed by atoms with Crippen LogP contribution in [0.5, 0.6) is 0 Å². The average Bonchev–Trinajstić information content (AvgIpc) is 2.87. The lowest BCUT2D eigenvalue weighted by atomic mass is 10.1. The van der Waals surface area contributed by atoms with Gasteiger partial charge in [-0.05, 0) is 38.1 Å². The SMILES string of the molecule is CCCNCc1nc(C2CCC(C)C2)no1. The second-order valence-corrected chi connectivity index (χ2v) is 4.84. The van der Waals surface area contributed by atoms with Crippen LogP contribution in [0, 0.1) is 5.92 Å². The Labute approximate surface area is 96.8 Å². The molecule has 0 radical (unpaired) electrons. The monoisotopic (exact) mass is 223 g/mol. The van der Waals surface area contributed by atoms with Crippen LogP contribution in [0.2, 0.25) is 0 Å². The second-order valence-electron chi connectivity index (χ2n) is 4.84. The molecule has 1 heterocycles. The van der Waals surface area contributed by atoms with Gasteiger partial charge in [-0.25, -0.2) is 0 Å². The fourth-order valence-corrected chi connectivity index (χ4v) is 2.32. The summed E-state index contributed by atoms with van der Waals surface area (Å²) in [7, 11) is 0. The number of hydrogen-bond donors (Lipinski definition) is 1. The Morgan fingerprint density at radius 3 is 3.00 bits per heavy atom. The van der Waals surface area contributed by atoms with Crippen LogP contribution in [0.1, 0.15) is 57.2 Å². The molecule has 2 rings (SSSR count). The van der Waals surface area contributed by atoms with Gasteiger partial charge in [0.1, 0.15) is 0 Å². The topological polar surface area (TPSA) is 51.0 Å². The molecule has 1 aromatic heterocycles. The molecular weight excluding hydrogens is 202 g/mol. The fraction of sp³-hybridized carbons (Fsp3) is 0.833. The van der Waals surface area contributed by atoms with E-state index >= 15 is 0 Å². The number of aromatic nitrogens is 2. The van der Waals surface area contributed by atoms with Crippen LogP contribution in [0.25, 0.3) is 0 Å². The molecular formula is C12H21N3O. The van der Waals surface area contributed by atoms with E-state index in [1.807, 2.05) is 0 Å². The fourth-order valence-electron chi connectivity index (χ4n) is 2.32. The van der Waals surface area contributed by atoms with E-state index in [0.29, 0.717) is 12.5 Å². The van der Waals surface area contributed by atoms with Crippen molar-refractivity contribution in [3.8, 4) is 0 Å². The number of rotatable bonds is 5. The summed E-state index contributed by atoms with van der Waals surface area (Å²) in [5.41, 5.74) is 0. The predicted molar refractivity (Wildman–Crippen MR) is 62.1 cm³/mol. The largest absolute Gasteiger partial charge is 0.338 e. The summed E-state index contributed by atoms with van der Waals surface area (Å²) in [5, 5.41) is 7.35. The molecule has 1 aliphatic rings. The van der Waals surface area contributed by atoms with Crippen molar-refractivity contribution in [1.29, 1.82) is 0 Å². The summed E-state index contributed by atoms with van der Waals surface area (Å²) < 4.78 is 5.24. The molecule has 1 saturated carbocycles. The van der Waals surface area contributed by atoms with E-state index in [1.165, 1.54) is 19.3 Å². The molecule has 0 amide bonds. The Hall–Kier alpha value is -0.900. The maximum Gasteiger partial charge on any atom is 0.240 e. The predicted octanol–water partition coefficient (Wildman–Crippen LogP) is 2.47. The third-order valence-corrected chi connectivity index (χ3v) is 3.25. The standard InChI is InChI=1S/C12H21N3O/c1-3-6-13-8-11-14-12(15-16-11)10-5-4-9(2)7-10/h9-10,13H,3-8H2,1-2H3. The molecule has 0 spiro atoms. The van der Waals surface area contributed by atoms with E-state index in [4.69, 9.17) is 4.52 Å². The number of nitrogens with zero attached hydrogens (tertiary/aromatic N) is 2.